The summed E-state index contributed by atoms with van der Waals surface area (Å²) in [7, 11) is 0. The topological polar surface area (TPSA) is 83.7 Å². The number of carbonyl (C=O) groups excluding carboxylic acids is 2. The zero-order valence-corrected chi connectivity index (χ0v) is 16.7. The van der Waals surface area contributed by atoms with Crippen molar-refractivity contribution in [3.8, 4) is 0 Å². The van der Waals surface area contributed by atoms with Crippen LogP contribution in [-0.2, 0) is 16.0 Å². The zero-order chi connectivity index (χ0) is 20.7. The van der Waals surface area contributed by atoms with Crippen LogP contribution in [0.3, 0.4) is 0 Å². The number of rotatable bonds is 4. The number of imide groups is 1. The first-order valence-corrected chi connectivity index (χ1v) is 9.89. The van der Waals surface area contributed by atoms with Crippen LogP contribution in [0.25, 0.3) is 16.7 Å². The number of piperazine rings is 1. The highest BCUT2D eigenvalue weighted by molar-refractivity contribution is 6.31. The number of halogens is 1. The minimum Gasteiger partial charge on any atom is -0.335 e. The third-order valence-electron chi connectivity index (χ3n) is 5.19. The standard InChI is InChI=1S/C21H17ClN6O2/c22-15-6-7-16-17(10-15)28-13-23-25-21(28)20(24-16)26-11-18(29)27(19(30)12-26)9-8-14-4-2-1-3-5-14/h1-7,10,13H,8-9,11-12H2. The summed E-state index contributed by atoms with van der Waals surface area (Å²) in [6, 6.07) is 15.1. The largest absolute Gasteiger partial charge is 0.335 e. The summed E-state index contributed by atoms with van der Waals surface area (Å²) in [4.78, 5) is 33.2. The molecule has 0 radical (unpaired) electrons. The van der Waals surface area contributed by atoms with Crippen LogP contribution in [-0.4, -0.2) is 55.9 Å². The molecule has 1 fully saturated rings. The molecule has 5 rings (SSSR count). The molecule has 30 heavy (non-hydrogen) atoms. The molecule has 2 amide bonds. The first-order chi connectivity index (χ1) is 14.6. The van der Waals surface area contributed by atoms with Crippen LogP contribution in [0, 0.1) is 0 Å². The third kappa shape index (κ3) is 3.25. The lowest BCUT2D eigenvalue weighted by atomic mass is 10.1. The second kappa shape index (κ2) is 7.38. The molecular weight excluding hydrogens is 404 g/mol. The Morgan fingerprint density at radius 3 is 2.53 bits per heavy atom. The molecule has 0 bridgehead atoms. The predicted molar refractivity (Wildman–Crippen MR) is 112 cm³/mol. The second-order valence-electron chi connectivity index (χ2n) is 7.12. The van der Waals surface area contributed by atoms with Gasteiger partial charge in [-0.05, 0) is 30.2 Å². The van der Waals surface area contributed by atoms with E-state index >= 15 is 0 Å². The van der Waals surface area contributed by atoms with Crippen molar-refractivity contribution in [1.29, 1.82) is 0 Å². The summed E-state index contributed by atoms with van der Waals surface area (Å²) >= 11 is 6.12. The van der Waals surface area contributed by atoms with Gasteiger partial charge in [-0.1, -0.05) is 41.9 Å². The van der Waals surface area contributed by atoms with Crippen LogP contribution < -0.4 is 4.90 Å². The van der Waals surface area contributed by atoms with E-state index in [1.807, 2.05) is 30.3 Å². The molecule has 4 aromatic rings. The molecular formula is C21H17ClN6O2. The number of carbonyl (C=O) groups is 2. The van der Waals surface area contributed by atoms with E-state index in [-0.39, 0.29) is 24.9 Å². The lowest BCUT2D eigenvalue weighted by Gasteiger charge is -2.33. The highest BCUT2D eigenvalue weighted by Crippen LogP contribution is 2.26. The number of benzene rings is 2. The van der Waals surface area contributed by atoms with E-state index in [9.17, 15) is 9.59 Å². The Bertz CT molecular complexity index is 1250. The Kier molecular flexibility index (Phi) is 4.55. The number of fused-ring (bicyclic) bond motifs is 3. The van der Waals surface area contributed by atoms with Gasteiger partial charge >= 0.3 is 0 Å². The molecule has 2 aromatic heterocycles. The Hall–Kier alpha value is -3.52. The van der Waals surface area contributed by atoms with E-state index in [0.29, 0.717) is 35.0 Å². The van der Waals surface area contributed by atoms with E-state index in [1.54, 1.807) is 33.8 Å². The lowest BCUT2D eigenvalue weighted by molar-refractivity contribution is -0.145. The van der Waals surface area contributed by atoms with Gasteiger partial charge in [0.25, 0.3) is 0 Å². The summed E-state index contributed by atoms with van der Waals surface area (Å²) in [6.45, 7) is 0.462. The Morgan fingerprint density at radius 2 is 1.77 bits per heavy atom. The van der Waals surface area contributed by atoms with Crippen LogP contribution in [0.15, 0.2) is 54.9 Å². The monoisotopic (exact) mass is 420 g/mol. The quantitative estimate of drug-likeness (QED) is 0.471. The van der Waals surface area contributed by atoms with Gasteiger partial charge in [-0.3, -0.25) is 18.9 Å². The number of nitrogens with zero attached hydrogens (tertiary/aromatic N) is 6. The Morgan fingerprint density at radius 1 is 1.00 bits per heavy atom. The van der Waals surface area contributed by atoms with Crippen molar-refractivity contribution in [2.24, 2.45) is 0 Å². The van der Waals surface area contributed by atoms with E-state index in [0.717, 1.165) is 11.1 Å². The number of hydrogen-bond acceptors (Lipinski definition) is 6. The Labute approximate surface area is 176 Å². The van der Waals surface area contributed by atoms with Crippen LogP contribution in [0.5, 0.6) is 0 Å². The lowest BCUT2D eigenvalue weighted by Crippen LogP contribution is -2.54. The van der Waals surface area contributed by atoms with Gasteiger partial charge in [0, 0.05) is 11.6 Å². The zero-order valence-electron chi connectivity index (χ0n) is 15.9. The summed E-state index contributed by atoms with van der Waals surface area (Å²) in [5, 5.41) is 8.70. The minimum absolute atomic E-state index is 0.0507. The van der Waals surface area contributed by atoms with E-state index in [2.05, 4.69) is 15.2 Å². The van der Waals surface area contributed by atoms with Crippen molar-refractivity contribution in [1.82, 2.24) is 24.5 Å². The fourth-order valence-electron chi connectivity index (χ4n) is 3.70. The SMILES string of the molecule is O=C1CN(c2nc3ccc(Cl)cc3n3cnnc23)CC(=O)N1CCc1ccccc1. The van der Waals surface area contributed by atoms with E-state index < -0.39 is 0 Å². The minimum atomic E-state index is -0.252. The molecule has 3 heterocycles. The molecule has 8 nitrogen and oxygen atoms in total. The molecule has 0 unspecified atom stereocenters. The first kappa shape index (κ1) is 18.5. The second-order valence-corrected chi connectivity index (χ2v) is 7.56. The molecule has 1 aliphatic rings. The Balaban J connectivity index is 1.43. The average molecular weight is 421 g/mol. The number of hydrogen-bond donors (Lipinski definition) is 0. The first-order valence-electron chi connectivity index (χ1n) is 9.51. The van der Waals surface area contributed by atoms with Gasteiger partial charge in [0.15, 0.2) is 5.82 Å². The maximum absolute atomic E-state index is 12.8. The van der Waals surface area contributed by atoms with E-state index in [4.69, 9.17) is 11.6 Å². The van der Waals surface area contributed by atoms with Crippen molar-refractivity contribution >= 4 is 45.9 Å². The van der Waals surface area contributed by atoms with E-state index in [1.165, 1.54) is 4.90 Å². The summed E-state index contributed by atoms with van der Waals surface area (Å²) in [5.74, 6) is -0.0533. The predicted octanol–water partition coefficient (Wildman–Crippen LogP) is 2.35. The summed E-state index contributed by atoms with van der Waals surface area (Å²) in [6.07, 6.45) is 2.20. The molecule has 150 valence electrons. The van der Waals surface area contributed by atoms with Gasteiger partial charge < -0.3 is 4.90 Å². The summed E-state index contributed by atoms with van der Waals surface area (Å²) < 4.78 is 1.76. The number of anilines is 1. The number of aromatic nitrogens is 4. The van der Waals surface area contributed by atoms with Crippen molar-refractivity contribution in [2.75, 3.05) is 24.5 Å². The number of amides is 2. The molecule has 0 atom stereocenters. The van der Waals surface area contributed by atoms with Gasteiger partial charge in [-0.25, -0.2) is 4.98 Å². The maximum atomic E-state index is 12.8. The normalized spacial score (nSPS) is 14.8. The van der Waals surface area contributed by atoms with Crippen LogP contribution in [0.4, 0.5) is 5.82 Å². The fraction of sp³-hybridized carbons (Fsp3) is 0.190. The highest BCUT2D eigenvalue weighted by atomic mass is 35.5. The van der Waals surface area contributed by atoms with Gasteiger partial charge in [0.2, 0.25) is 17.5 Å². The average Bonchev–Trinajstić information content (AvgIpc) is 3.23. The van der Waals surface area contributed by atoms with Crippen molar-refractivity contribution in [3.05, 3.63) is 65.4 Å². The van der Waals surface area contributed by atoms with Crippen molar-refractivity contribution < 1.29 is 9.59 Å². The van der Waals surface area contributed by atoms with Crippen LogP contribution in [0.2, 0.25) is 5.02 Å². The smallest absolute Gasteiger partial charge is 0.248 e. The summed E-state index contributed by atoms with van der Waals surface area (Å²) in [5.41, 5.74) is 2.99. The van der Waals surface area contributed by atoms with Crippen molar-refractivity contribution in [3.63, 3.8) is 0 Å². The molecule has 0 N–H and O–H groups in total. The van der Waals surface area contributed by atoms with Gasteiger partial charge in [-0.2, -0.15) is 0 Å². The fourth-order valence-corrected chi connectivity index (χ4v) is 3.87. The maximum Gasteiger partial charge on any atom is 0.248 e. The van der Waals surface area contributed by atoms with Crippen molar-refractivity contribution in [2.45, 2.75) is 6.42 Å². The van der Waals surface area contributed by atoms with Gasteiger partial charge in [0.1, 0.15) is 6.33 Å². The van der Waals surface area contributed by atoms with Crippen LogP contribution in [0.1, 0.15) is 5.56 Å². The highest BCUT2D eigenvalue weighted by Gasteiger charge is 2.33. The molecule has 9 heteroatoms. The molecule has 0 saturated carbocycles. The third-order valence-corrected chi connectivity index (χ3v) is 5.43. The molecule has 1 aliphatic heterocycles. The van der Waals surface area contributed by atoms with Crippen LogP contribution >= 0.6 is 11.6 Å². The molecule has 2 aromatic carbocycles. The molecule has 0 spiro atoms. The molecule has 1 saturated heterocycles. The van der Waals surface area contributed by atoms with Gasteiger partial charge in [0.05, 0.1) is 24.1 Å². The molecule has 0 aliphatic carbocycles. The van der Waals surface area contributed by atoms with Gasteiger partial charge in [-0.15, -0.1) is 10.2 Å².